The summed E-state index contributed by atoms with van der Waals surface area (Å²) in [5.41, 5.74) is 0.734. The summed E-state index contributed by atoms with van der Waals surface area (Å²) in [6.07, 6.45) is 0. The largest absolute Gasteiger partial charge is 0.336 e. The Morgan fingerprint density at radius 1 is 1.26 bits per heavy atom. The Morgan fingerprint density at radius 2 is 1.84 bits per heavy atom. The van der Waals surface area contributed by atoms with E-state index < -0.39 is 0 Å². The Hall–Kier alpha value is -1.26. The molecule has 19 heavy (non-hydrogen) atoms. The molecular weight excluding hydrogens is 262 g/mol. The average Bonchev–Trinajstić information content (AvgIpc) is 2.40. The molecule has 5 heteroatoms. The van der Waals surface area contributed by atoms with Gasteiger partial charge in [0.1, 0.15) is 0 Å². The molecule has 1 unspecified atom stereocenters. The van der Waals surface area contributed by atoms with Crippen LogP contribution in [0.1, 0.15) is 20.8 Å². The van der Waals surface area contributed by atoms with Crippen LogP contribution < -0.4 is 10.6 Å². The number of hydrogen-bond acceptors (Lipinski definition) is 2. The minimum atomic E-state index is -0.193. The fraction of sp³-hybridized carbons (Fsp3) is 0.500. The van der Waals surface area contributed by atoms with Crippen molar-refractivity contribution in [2.24, 2.45) is 0 Å². The third-order valence-electron chi connectivity index (χ3n) is 3.10. The Kier molecular flexibility index (Phi) is 6.67. The van der Waals surface area contributed by atoms with E-state index in [4.69, 9.17) is 11.6 Å². The fourth-order valence-corrected chi connectivity index (χ4v) is 2.05. The van der Waals surface area contributed by atoms with Crippen LogP contribution >= 0.6 is 11.6 Å². The first-order valence-electron chi connectivity index (χ1n) is 6.61. The van der Waals surface area contributed by atoms with Gasteiger partial charge in [-0.1, -0.05) is 25.4 Å². The lowest BCUT2D eigenvalue weighted by Gasteiger charge is -2.26. The third kappa shape index (κ3) is 5.49. The maximum absolute atomic E-state index is 11.7. The first kappa shape index (κ1) is 15.8. The molecule has 0 bridgehead atoms. The topological polar surface area (TPSA) is 44.4 Å². The second-order valence-corrected chi connectivity index (χ2v) is 4.85. The number of halogens is 1. The molecule has 0 saturated heterocycles. The van der Waals surface area contributed by atoms with Crippen LogP contribution in [0.2, 0.25) is 5.02 Å². The van der Waals surface area contributed by atoms with E-state index in [1.165, 1.54) is 0 Å². The highest BCUT2D eigenvalue weighted by atomic mass is 35.5. The summed E-state index contributed by atoms with van der Waals surface area (Å²) in [7, 11) is 0. The van der Waals surface area contributed by atoms with Crippen LogP contribution in [0.5, 0.6) is 0 Å². The van der Waals surface area contributed by atoms with Crippen LogP contribution in [0.3, 0.4) is 0 Å². The lowest BCUT2D eigenvalue weighted by atomic mass is 10.3. The smallest absolute Gasteiger partial charge is 0.319 e. The highest BCUT2D eigenvalue weighted by Crippen LogP contribution is 2.13. The molecule has 2 amide bonds. The van der Waals surface area contributed by atoms with Crippen LogP contribution in [0, 0.1) is 0 Å². The molecule has 0 aliphatic rings. The molecular formula is C14H22ClN3O. The van der Waals surface area contributed by atoms with E-state index in [1.54, 1.807) is 24.3 Å². The van der Waals surface area contributed by atoms with E-state index in [2.05, 4.69) is 36.3 Å². The zero-order valence-corrected chi connectivity index (χ0v) is 12.5. The van der Waals surface area contributed by atoms with Crippen molar-refractivity contribution in [2.45, 2.75) is 26.8 Å². The minimum absolute atomic E-state index is 0.193. The van der Waals surface area contributed by atoms with Gasteiger partial charge in [-0.05, 0) is 44.3 Å². The van der Waals surface area contributed by atoms with Crippen molar-refractivity contribution in [1.82, 2.24) is 10.2 Å². The number of hydrogen-bond donors (Lipinski definition) is 2. The molecule has 0 saturated carbocycles. The summed E-state index contributed by atoms with van der Waals surface area (Å²) < 4.78 is 0. The van der Waals surface area contributed by atoms with Crippen molar-refractivity contribution in [2.75, 3.05) is 25.0 Å². The normalized spacial score (nSPS) is 12.3. The van der Waals surface area contributed by atoms with Gasteiger partial charge >= 0.3 is 6.03 Å². The van der Waals surface area contributed by atoms with E-state index in [0.29, 0.717) is 17.6 Å². The van der Waals surface area contributed by atoms with E-state index >= 15 is 0 Å². The average molecular weight is 284 g/mol. The SMILES string of the molecule is CCN(CC)C(C)CNC(=O)Nc1ccc(Cl)cc1. The van der Waals surface area contributed by atoms with E-state index in [0.717, 1.165) is 18.8 Å². The molecule has 0 aliphatic carbocycles. The molecule has 0 aromatic heterocycles. The molecule has 0 spiro atoms. The number of carbonyl (C=O) groups is 1. The zero-order chi connectivity index (χ0) is 14.3. The van der Waals surface area contributed by atoms with Gasteiger partial charge in [0.25, 0.3) is 0 Å². The first-order chi connectivity index (χ1) is 9.06. The summed E-state index contributed by atoms with van der Waals surface area (Å²) in [4.78, 5) is 14.0. The first-order valence-corrected chi connectivity index (χ1v) is 6.99. The number of carbonyl (C=O) groups excluding carboxylic acids is 1. The van der Waals surface area contributed by atoms with E-state index in [1.807, 2.05) is 0 Å². The Balaban J connectivity index is 2.37. The molecule has 1 aromatic rings. The maximum Gasteiger partial charge on any atom is 0.319 e. The molecule has 1 rings (SSSR count). The molecule has 106 valence electrons. The standard InChI is InChI=1S/C14H22ClN3O/c1-4-18(5-2)11(3)10-16-14(19)17-13-8-6-12(15)7-9-13/h6-9,11H,4-5,10H2,1-3H3,(H2,16,17,19). The number of nitrogens with zero attached hydrogens (tertiary/aromatic N) is 1. The van der Waals surface area contributed by atoms with Gasteiger partial charge in [0.15, 0.2) is 0 Å². The van der Waals surface area contributed by atoms with Crippen molar-refractivity contribution in [3.63, 3.8) is 0 Å². The number of urea groups is 1. The molecule has 1 aromatic carbocycles. The fourth-order valence-electron chi connectivity index (χ4n) is 1.92. The van der Waals surface area contributed by atoms with Crippen LogP contribution in [-0.2, 0) is 0 Å². The van der Waals surface area contributed by atoms with Crippen LogP contribution in [0.4, 0.5) is 10.5 Å². The van der Waals surface area contributed by atoms with Crippen LogP contribution in [-0.4, -0.2) is 36.6 Å². The molecule has 0 aliphatic heterocycles. The number of amides is 2. The molecule has 1 atom stereocenters. The monoisotopic (exact) mass is 283 g/mol. The Morgan fingerprint density at radius 3 is 2.37 bits per heavy atom. The second-order valence-electron chi connectivity index (χ2n) is 4.41. The van der Waals surface area contributed by atoms with Crippen LogP contribution in [0.25, 0.3) is 0 Å². The van der Waals surface area contributed by atoms with Crippen LogP contribution in [0.15, 0.2) is 24.3 Å². The number of likely N-dealkylation sites (N-methyl/N-ethyl adjacent to an activating group) is 1. The summed E-state index contributed by atoms with van der Waals surface area (Å²) in [5.74, 6) is 0. The highest BCUT2D eigenvalue weighted by Gasteiger charge is 2.11. The summed E-state index contributed by atoms with van der Waals surface area (Å²) in [6.45, 7) is 8.94. The number of benzene rings is 1. The van der Waals surface area contributed by atoms with Crippen molar-refractivity contribution in [3.8, 4) is 0 Å². The minimum Gasteiger partial charge on any atom is -0.336 e. The molecule has 2 N–H and O–H groups in total. The maximum atomic E-state index is 11.7. The van der Waals surface area contributed by atoms with Crippen molar-refractivity contribution >= 4 is 23.3 Å². The van der Waals surface area contributed by atoms with Gasteiger partial charge < -0.3 is 10.6 Å². The predicted octanol–water partition coefficient (Wildman–Crippen LogP) is 3.19. The second kappa shape index (κ2) is 8.02. The van der Waals surface area contributed by atoms with E-state index in [9.17, 15) is 4.79 Å². The molecule has 0 radical (unpaired) electrons. The summed E-state index contributed by atoms with van der Waals surface area (Å²) in [5, 5.41) is 6.30. The number of anilines is 1. The van der Waals surface area contributed by atoms with Gasteiger partial charge in [-0.3, -0.25) is 4.90 Å². The summed E-state index contributed by atoms with van der Waals surface area (Å²) in [6, 6.07) is 7.17. The lowest BCUT2D eigenvalue weighted by Crippen LogP contribution is -2.43. The molecule has 4 nitrogen and oxygen atoms in total. The van der Waals surface area contributed by atoms with Crippen molar-refractivity contribution in [3.05, 3.63) is 29.3 Å². The van der Waals surface area contributed by atoms with Gasteiger partial charge in [-0.15, -0.1) is 0 Å². The van der Waals surface area contributed by atoms with Gasteiger partial charge in [-0.25, -0.2) is 4.79 Å². The van der Waals surface area contributed by atoms with Crippen molar-refractivity contribution < 1.29 is 4.79 Å². The Labute approximate surface area is 120 Å². The van der Waals surface area contributed by atoms with Gasteiger partial charge in [0.2, 0.25) is 0 Å². The number of nitrogens with one attached hydrogen (secondary N) is 2. The number of rotatable bonds is 6. The van der Waals surface area contributed by atoms with Gasteiger partial charge in [0.05, 0.1) is 0 Å². The quantitative estimate of drug-likeness (QED) is 0.842. The highest BCUT2D eigenvalue weighted by molar-refractivity contribution is 6.30. The Bertz CT molecular complexity index is 390. The van der Waals surface area contributed by atoms with Gasteiger partial charge in [0, 0.05) is 23.3 Å². The van der Waals surface area contributed by atoms with Crippen molar-refractivity contribution in [1.29, 1.82) is 0 Å². The predicted molar refractivity (Wildman–Crippen MR) is 80.9 cm³/mol. The molecule has 0 fully saturated rings. The van der Waals surface area contributed by atoms with Gasteiger partial charge in [-0.2, -0.15) is 0 Å². The van der Waals surface area contributed by atoms with E-state index in [-0.39, 0.29) is 6.03 Å². The summed E-state index contributed by atoms with van der Waals surface area (Å²) >= 11 is 5.78. The lowest BCUT2D eigenvalue weighted by molar-refractivity contribution is 0.220. The molecule has 0 heterocycles. The zero-order valence-electron chi connectivity index (χ0n) is 11.7. The third-order valence-corrected chi connectivity index (χ3v) is 3.35.